The van der Waals surface area contributed by atoms with Crippen molar-refractivity contribution in [2.75, 3.05) is 24.6 Å². The largest absolute Gasteiger partial charge is 0.493 e. The van der Waals surface area contributed by atoms with Gasteiger partial charge in [-0.15, -0.1) is 0 Å². The van der Waals surface area contributed by atoms with Crippen LogP contribution in [0.4, 0.5) is 5.69 Å². The van der Waals surface area contributed by atoms with Crippen LogP contribution in [0.3, 0.4) is 0 Å². The maximum atomic E-state index is 11.0. The highest BCUT2D eigenvalue weighted by molar-refractivity contribution is 5.80. The molecule has 0 amide bonds. The van der Waals surface area contributed by atoms with Gasteiger partial charge in [0, 0.05) is 24.8 Å². The summed E-state index contributed by atoms with van der Waals surface area (Å²) in [5.41, 5.74) is 1.74. The minimum absolute atomic E-state index is 0.627. The molecule has 0 aromatic heterocycles. The average Bonchev–Trinajstić information content (AvgIpc) is 2.41. The molecule has 3 heteroatoms. The van der Waals surface area contributed by atoms with Gasteiger partial charge in [0.15, 0.2) is 6.29 Å². The number of benzene rings is 1. The lowest BCUT2D eigenvalue weighted by atomic mass is 10.2. The van der Waals surface area contributed by atoms with Crippen LogP contribution >= 0.6 is 0 Å². The van der Waals surface area contributed by atoms with E-state index in [2.05, 4.69) is 25.7 Å². The van der Waals surface area contributed by atoms with Gasteiger partial charge >= 0.3 is 0 Å². The van der Waals surface area contributed by atoms with E-state index in [4.69, 9.17) is 4.74 Å². The normalized spacial score (nSPS) is 10.2. The SMILES string of the molecule is CCCCOc1cc(N(CC)CC)ccc1C=O. The van der Waals surface area contributed by atoms with Crippen LogP contribution in [0, 0.1) is 0 Å². The molecular weight excluding hydrogens is 226 g/mol. The maximum Gasteiger partial charge on any atom is 0.153 e. The number of rotatable bonds is 8. The first-order valence-corrected chi connectivity index (χ1v) is 6.73. The van der Waals surface area contributed by atoms with Crippen LogP contribution < -0.4 is 9.64 Å². The molecule has 0 bridgehead atoms. The van der Waals surface area contributed by atoms with Gasteiger partial charge in [0.25, 0.3) is 0 Å². The van der Waals surface area contributed by atoms with E-state index in [0.29, 0.717) is 17.9 Å². The van der Waals surface area contributed by atoms with Crippen molar-refractivity contribution in [3.05, 3.63) is 23.8 Å². The van der Waals surface area contributed by atoms with E-state index in [1.807, 2.05) is 18.2 Å². The zero-order chi connectivity index (χ0) is 13.4. The Morgan fingerprint density at radius 1 is 1.22 bits per heavy atom. The summed E-state index contributed by atoms with van der Waals surface area (Å²) in [6.07, 6.45) is 2.95. The molecule has 3 nitrogen and oxygen atoms in total. The van der Waals surface area contributed by atoms with Crippen molar-refractivity contribution in [2.24, 2.45) is 0 Å². The minimum atomic E-state index is 0.627. The summed E-state index contributed by atoms with van der Waals surface area (Å²) >= 11 is 0. The molecule has 0 unspecified atom stereocenters. The molecule has 0 saturated carbocycles. The van der Waals surface area contributed by atoms with Crippen molar-refractivity contribution in [2.45, 2.75) is 33.6 Å². The Morgan fingerprint density at radius 3 is 2.50 bits per heavy atom. The minimum Gasteiger partial charge on any atom is -0.493 e. The summed E-state index contributed by atoms with van der Waals surface area (Å²) in [4.78, 5) is 13.2. The zero-order valence-corrected chi connectivity index (χ0v) is 11.6. The summed E-state index contributed by atoms with van der Waals surface area (Å²) in [7, 11) is 0. The molecule has 0 N–H and O–H groups in total. The van der Waals surface area contributed by atoms with Crippen LogP contribution in [0.25, 0.3) is 0 Å². The van der Waals surface area contributed by atoms with Crippen LogP contribution in [0.5, 0.6) is 5.75 Å². The van der Waals surface area contributed by atoms with E-state index in [9.17, 15) is 4.79 Å². The van der Waals surface area contributed by atoms with Crippen molar-refractivity contribution in [1.29, 1.82) is 0 Å². The fraction of sp³-hybridized carbons (Fsp3) is 0.533. The lowest BCUT2D eigenvalue weighted by Gasteiger charge is -2.22. The molecule has 0 spiro atoms. The average molecular weight is 249 g/mol. The standard InChI is InChI=1S/C15H23NO2/c1-4-7-10-18-15-11-14(16(5-2)6-3)9-8-13(15)12-17/h8-9,11-12H,4-7,10H2,1-3H3. The van der Waals surface area contributed by atoms with Gasteiger partial charge in [0.1, 0.15) is 5.75 Å². The second kappa shape index (κ2) is 7.75. The first-order valence-electron chi connectivity index (χ1n) is 6.73. The lowest BCUT2D eigenvalue weighted by Crippen LogP contribution is -2.21. The Morgan fingerprint density at radius 2 is 1.94 bits per heavy atom. The third-order valence-corrected chi connectivity index (χ3v) is 3.01. The fourth-order valence-corrected chi connectivity index (χ4v) is 1.86. The third kappa shape index (κ3) is 3.76. The number of unbranched alkanes of at least 4 members (excludes halogenated alkanes) is 1. The molecule has 18 heavy (non-hydrogen) atoms. The van der Waals surface area contributed by atoms with Crippen LogP contribution in [-0.2, 0) is 0 Å². The van der Waals surface area contributed by atoms with Crippen LogP contribution in [0.15, 0.2) is 18.2 Å². The molecule has 1 rings (SSSR count). The quantitative estimate of drug-likeness (QED) is 0.521. The molecule has 1 aromatic rings. The highest BCUT2D eigenvalue weighted by atomic mass is 16.5. The Labute approximate surface area is 110 Å². The van der Waals surface area contributed by atoms with E-state index in [1.54, 1.807) is 0 Å². The second-order valence-electron chi connectivity index (χ2n) is 4.21. The van der Waals surface area contributed by atoms with Gasteiger partial charge in [-0.1, -0.05) is 13.3 Å². The summed E-state index contributed by atoms with van der Waals surface area (Å²) in [5, 5.41) is 0. The van der Waals surface area contributed by atoms with Crippen molar-refractivity contribution in [3.63, 3.8) is 0 Å². The van der Waals surface area contributed by atoms with E-state index >= 15 is 0 Å². The van der Waals surface area contributed by atoms with Gasteiger partial charge in [0.05, 0.1) is 12.2 Å². The monoisotopic (exact) mass is 249 g/mol. The van der Waals surface area contributed by atoms with Crippen LogP contribution in [0.2, 0.25) is 0 Å². The number of hydrogen-bond donors (Lipinski definition) is 0. The van der Waals surface area contributed by atoms with Crippen molar-refractivity contribution in [1.82, 2.24) is 0 Å². The highest BCUT2D eigenvalue weighted by Crippen LogP contribution is 2.25. The van der Waals surface area contributed by atoms with Crippen LogP contribution in [0.1, 0.15) is 44.0 Å². The Hall–Kier alpha value is -1.51. The molecule has 0 radical (unpaired) electrons. The predicted octanol–water partition coefficient (Wildman–Crippen LogP) is 3.52. The maximum absolute atomic E-state index is 11.0. The number of nitrogens with zero attached hydrogens (tertiary/aromatic N) is 1. The number of anilines is 1. The second-order valence-corrected chi connectivity index (χ2v) is 4.21. The molecule has 0 aliphatic carbocycles. The van der Waals surface area contributed by atoms with Crippen LogP contribution in [-0.4, -0.2) is 26.0 Å². The molecule has 100 valence electrons. The number of hydrogen-bond acceptors (Lipinski definition) is 3. The fourth-order valence-electron chi connectivity index (χ4n) is 1.86. The Kier molecular flexibility index (Phi) is 6.26. The van der Waals surface area contributed by atoms with E-state index in [1.165, 1.54) is 0 Å². The number of carbonyl (C=O) groups excluding carboxylic acids is 1. The zero-order valence-electron chi connectivity index (χ0n) is 11.6. The molecular formula is C15H23NO2. The number of ether oxygens (including phenoxy) is 1. The molecule has 0 fully saturated rings. The number of aldehydes is 1. The van der Waals surface area contributed by atoms with Gasteiger partial charge in [-0.25, -0.2) is 0 Å². The summed E-state index contributed by atoms with van der Waals surface area (Å²) < 4.78 is 5.69. The Balaban J connectivity index is 2.90. The van der Waals surface area contributed by atoms with E-state index in [-0.39, 0.29) is 0 Å². The molecule has 0 heterocycles. The first kappa shape index (κ1) is 14.6. The summed E-state index contributed by atoms with van der Waals surface area (Å²) in [6, 6.07) is 5.78. The van der Waals surface area contributed by atoms with Crippen molar-refractivity contribution < 1.29 is 9.53 Å². The van der Waals surface area contributed by atoms with Crippen molar-refractivity contribution >= 4 is 12.0 Å². The number of carbonyl (C=O) groups is 1. The summed E-state index contributed by atoms with van der Waals surface area (Å²) in [6.45, 7) is 8.93. The van der Waals surface area contributed by atoms with Gasteiger partial charge in [-0.2, -0.15) is 0 Å². The van der Waals surface area contributed by atoms with Gasteiger partial charge < -0.3 is 9.64 Å². The molecule has 1 aromatic carbocycles. The molecule has 0 saturated heterocycles. The summed E-state index contributed by atoms with van der Waals surface area (Å²) in [5.74, 6) is 0.697. The van der Waals surface area contributed by atoms with Gasteiger partial charge in [0.2, 0.25) is 0 Å². The van der Waals surface area contributed by atoms with Gasteiger partial charge in [-0.05, 0) is 32.4 Å². The molecule has 0 atom stereocenters. The topological polar surface area (TPSA) is 29.5 Å². The van der Waals surface area contributed by atoms with Gasteiger partial charge in [-0.3, -0.25) is 4.79 Å². The molecule has 0 aliphatic heterocycles. The molecule has 0 aliphatic rings. The Bertz CT molecular complexity index is 373. The predicted molar refractivity (Wildman–Crippen MR) is 75.8 cm³/mol. The lowest BCUT2D eigenvalue weighted by molar-refractivity contribution is 0.111. The van der Waals surface area contributed by atoms with Crippen molar-refractivity contribution in [3.8, 4) is 5.75 Å². The highest BCUT2D eigenvalue weighted by Gasteiger charge is 2.08. The third-order valence-electron chi connectivity index (χ3n) is 3.01. The van der Waals surface area contributed by atoms with E-state index < -0.39 is 0 Å². The smallest absolute Gasteiger partial charge is 0.153 e. The van der Waals surface area contributed by atoms with E-state index in [0.717, 1.165) is 37.9 Å². The first-order chi connectivity index (χ1) is 8.76.